The van der Waals surface area contributed by atoms with Gasteiger partial charge in [-0.25, -0.2) is 8.42 Å². The van der Waals surface area contributed by atoms with Crippen molar-refractivity contribution in [2.24, 2.45) is 5.92 Å². The lowest BCUT2D eigenvalue weighted by Gasteiger charge is -2.34. The first-order chi connectivity index (χ1) is 16.1. The zero-order chi connectivity index (χ0) is 24.9. The minimum absolute atomic E-state index is 0.0519. The van der Waals surface area contributed by atoms with Crippen LogP contribution in [0.4, 0.5) is 13.2 Å². The molecule has 0 atom stereocenters. The molecule has 0 unspecified atom stereocenters. The van der Waals surface area contributed by atoms with Crippen LogP contribution in [0.3, 0.4) is 0 Å². The van der Waals surface area contributed by atoms with Crippen LogP contribution in [0.1, 0.15) is 29.5 Å². The number of hydrogen-bond donors (Lipinski definition) is 0. The number of sulfonamides is 1. The van der Waals surface area contributed by atoms with Gasteiger partial charge in [0.25, 0.3) is 0 Å². The Kier molecular flexibility index (Phi) is 7.79. The molecule has 2 aromatic rings. The third-order valence-corrected chi connectivity index (χ3v) is 7.69. The third kappa shape index (κ3) is 5.66. The fourth-order valence-electron chi connectivity index (χ4n) is 3.96. The second-order valence-corrected chi connectivity index (χ2v) is 9.89. The van der Waals surface area contributed by atoms with E-state index < -0.39 is 32.6 Å². The van der Waals surface area contributed by atoms with Crippen LogP contribution in [0.2, 0.25) is 0 Å². The van der Waals surface area contributed by atoms with Gasteiger partial charge in [0.05, 0.1) is 22.1 Å². The maximum absolute atomic E-state index is 13.3. The Labute approximate surface area is 197 Å². The van der Waals surface area contributed by atoms with Gasteiger partial charge in [-0.3, -0.25) is 4.79 Å². The molecule has 6 nitrogen and oxygen atoms in total. The monoisotopic (exact) mass is 491 g/mol. The Morgan fingerprint density at radius 1 is 1.15 bits per heavy atom. The quantitative estimate of drug-likeness (QED) is 0.544. The molecule has 0 N–H and O–H groups in total. The number of nitrogens with zero attached hydrogens (tertiary/aromatic N) is 3. The van der Waals surface area contributed by atoms with Crippen LogP contribution in [0.5, 0.6) is 0 Å². The molecule has 34 heavy (non-hydrogen) atoms. The fraction of sp³-hybridized carbons (Fsp3) is 0.333. The SMILES string of the molecule is C=CCN(Cc1ccc(C#N)cc1)C(=O)C1CCN(S(=O)(=O)c2ccccc2C(F)(F)F)CC1. The van der Waals surface area contributed by atoms with Crippen LogP contribution in [0.25, 0.3) is 0 Å². The van der Waals surface area contributed by atoms with E-state index >= 15 is 0 Å². The Balaban J connectivity index is 1.71. The van der Waals surface area contributed by atoms with Crippen LogP contribution in [0.15, 0.2) is 66.1 Å². The summed E-state index contributed by atoms with van der Waals surface area (Å²) in [7, 11) is -4.36. The van der Waals surface area contributed by atoms with E-state index in [0.717, 1.165) is 28.1 Å². The van der Waals surface area contributed by atoms with Crippen LogP contribution in [-0.2, 0) is 27.5 Å². The number of alkyl halides is 3. The van der Waals surface area contributed by atoms with Crippen molar-refractivity contribution in [3.63, 3.8) is 0 Å². The van der Waals surface area contributed by atoms with E-state index in [9.17, 15) is 26.4 Å². The van der Waals surface area contributed by atoms with Crippen molar-refractivity contribution < 1.29 is 26.4 Å². The van der Waals surface area contributed by atoms with Gasteiger partial charge in [0.1, 0.15) is 0 Å². The van der Waals surface area contributed by atoms with E-state index in [4.69, 9.17) is 5.26 Å². The van der Waals surface area contributed by atoms with Crippen LogP contribution in [0, 0.1) is 17.2 Å². The molecule has 1 amide bonds. The Morgan fingerprint density at radius 3 is 2.32 bits per heavy atom. The average molecular weight is 492 g/mol. The highest BCUT2D eigenvalue weighted by Crippen LogP contribution is 2.36. The van der Waals surface area contributed by atoms with Gasteiger partial charge < -0.3 is 4.90 Å². The molecule has 10 heteroatoms. The molecule has 1 fully saturated rings. The van der Waals surface area contributed by atoms with Gasteiger partial charge in [0.15, 0.2) is 0 Å². The lowest BCUT2D eigenvalue weighted by Crippen LogP contribution is -2.44. The van der Waals surface area contributed by atoms with Crippen molar-refractivity contribution in [2.75, 3.05) is 19.6 Å². The fourth-order valence-corrected chi connectivity index (χ4v) is 5.64. The van der Waals surface area contributed by atoms with E-state index in [1.165, 1.54) is 6.07 Å². The minimum Gasteiger partial charge on any atom is -0.334 e. The molecule has 0 bridgehead atoms. The largest absolute Gasteiger partial charge is 0.417 e. The Bertz CT molecular complexity index is 1180. The van der Waals surface area contributed by atoms with Crippen molar-refractivity contribution in [1.29, 1.82) is 5.26 Å². The summed E-state index contributed by atoms with van der Waals surface area (Å²) in [4.78, 5) is 14.0. The summed E-state index contributed by atoms with van der Waals surface area (Å²) < 4.78 is 66.9. The van der Waals surface area contributed by atoms with Crippen molar-refractivity contribution >= 4 is 15.9 Å². The van der Waals surface area contributed by atoms with E-state index in [-0.39, 0.29) is 38.4 Å². The van der Waals surface area contributed by atoms with E-state index in [1.807, 2.05) is 6.07 Å². The molecule has 0 aromatic heterocycles. The molecule has 0 aliphatic carbocycles. The predicted octanol–water partition coefficient (Wildman–Crippen LogP) is 4.19. The Hall–Kier alpha value is -3.16. The molecule has 2 aromatic carbocycles. The number of halogens is 3. The molecular weight excluding hydrogens is 467 g/mol. The van der Waals surface area contributed by atoms with Gasteiger partial charge in [-0.1, -0.05) is 30.3 Å². The number of benzene rings is 2. The molecular formula is C24H24F3N3O3S. The standard InChI is InChI=1S/C24H24F3N3O3S/c1-2-13-29(17-19-9-7-18(16-28)8-10-19)23(31)20-11-14-30(15-12-20)34(32,33)22-6-4-3-5-21(22)24(25,26)27/h2-10,20H,1,11-15,17H2. The first-order valence-electron chi connectivity index (χ1n) is 10.6. The number of carbonyl (C=O) groups is 1. The number of carbonyl (C=O) groups excluding carboxylic acids is 1. The number of nitriles is 1. The number of piperidine rings is 1. The van der Waals surface area contributed by atoms with Crippen molar-refractivity contribution in [2.45, 2.75) is 30.5 Å². The van der Waals surface area contributed by atoms with Gasteiger partial charge in [-0.05, 0) is 42.7 Å². The highest BCUT2D eigenvalue weighted by molar-refractivity contribution is 7.89. The number of amides is 1. The summed E-state index contributed by atoms with van der Waals surface area (Å²) in [6.45, 7) is 4.17. The topological polar surface area (TPSA) is 81.5 Å². The first kappa shape index (κ1) is 25.5. The smallest absolute Gasteiger partial charge is 0.334 e. The zero-order valence-electron chi connectivity index (χ0n) is 18.3. The molecule has 0 radical (unpaired) electrons. The van der Waals surface area contributed by atoms with E-state index in [1.54, 1.807) is 35.2 Å². The highest BCUT2D eigenvalue weighted by atomic mass is 32.2. The summed E-state index contributed by atoms with van der Waals surface area (Å²) in [5, 5.41) is 8.93. The van der Waals surface area contributed by atoms with E-state index in [0.29, 0.717) is 12.1 Å². The summed E-state index contributed by atoms with van der Waals surface area (Å²) in [5.41, 5.74) is 0.136. The number of rotatable bonds is 7. The third-order valence-electron chi connectivity index (χ3n) is 5.73. The molecule has 3 rings (SSSR count). The Morgan fingerprint density at radius 2 is 1.76 bits per heavy atom. The van der Waals surface area contributed by atoms with Gasteiger partial charge >= 0.3 is 6.18 Å². The number of hydrogen-bond acceptors (Lipinski definition) is 4. The normalized spacial score (nSPS) is 15.5. The first-order valence-corrected chi connectivity index (χ1v) is 12.1. The van der Waals surface area contributed by atoms with Gasteiger partial charge in [-0.15, -0.1) is 6.58 Å². The van der Waals surface area contributed by atoms with Crippen molar-refractivity contribution in [3.8, 4) is 6.07 Å². The molecule has 1 aliphatic rings. The maximum Gasteiger partial charge on any atom is 0.417 e. The van der Waals surface area contributed by atoms with Crippen LogP contribution < -0.4 is 0 Å². The molecule has 0 saturated carbocycles. The van der Waals surface area contributed by atoms with E-state index in [2.05, 4.69) is 6.58 Å². The second-order valence-electron chi connectivity index (χ2n) is 7.99. The van der Waals surface area contributed by atoms with Gasteiger partial charge in [0, 0.05) is 32.1 Å². The van der Waals surface area contributed by atoms with Crippen molar-refractivity contribution in [3.05, 3.63) is 77.9 Å². The molecule has 180 valence electrons. The van der Waals surface area contributed by atoms with Gasteiger partial charge in [-0.2, -0.15) is 22.7 Å². The summed E-state index contributed by atoms with van der Waals surface area (Å²) in [5.74, 6) is -0.625. The van der Waals surface area contributed by atoms with Gasteiger partial charge in [0.2, 0.25) is 15.9 Å². The van der Waals surface area contributed by atoms with Crippen LogP contribution in [-0.4, -0.2) is 43.2 Å². The average Bonchev–Trinajstić information content (AvgIpc) is 2.83. The lowest BCUT2D eigenvalue weighted by molar-refractivity contribution is -0.140. The van der Waals surface area contributed by atoms with Crippen LogP contribution >= 0.6 is 0 Å². The molecule has 1 aliphatic heterocycles. The van der Waals surface area contributed by atoms with Crippen molar-refractivity contribution in [1.82, 2.24) is 9.21 Å². The minimum atomic E-state index is -4.80. The predicted molar refractivity (Wildman–Crippen MR) is 120 cm³/mol. The second kappa shape index (κ2) is 10.4. The lowest BCUT2D eigenvalue weighted by atomic mass is 9.96. The molecule has 1 heterocycles. The summed E-state index contributed by atoms with van der Waals surface area (Å²) >= 11 is 0. The molecule has 1 saturated heterocycles. The summed E-state index contributed by atoms with van der Waals surface area (Å²) in [6.07, 6.45) is -2.80. The summed E-state index contributed by atoms with van der Waals surface area (Å²) in [6, 6.07) is 13.0. The highest BCUT2D eigenvalue weighted by Gasteiger charge is 2.40. The zero-order valence-corrected chi connectivity index (χ0v) is 19.1. The molecule has 0 spiro atoms. The maximum atomic E-state index is 13.3.